The zero-order valence-electron chi connectivity index (χ0n) is 28.6. The molecule has 0 bridgehead atoms. The molecule has 0 aliphatic heterocycles. The Morgan fingerprint density at radius 2 is 0.922 bits per heavy atom. The van der Waals surface area contributed by atoms with Gasteiger partial charge in [0.15, 0.2) is 5.82 Å². The molecule has 51 heavy (non-hydrogen) atoms. The van der Waals surface area contributed by atoms with Crippen LogP contribution in [0.5, 0.6) is 0 Å². The molecule has 1 aliphatic rings. The molecule has 0 atom stereocenters. The third kappa shape index (κ3) is 5.63. The zero-order valence-corrected chi connectivity index (χ0v) is 28.6. The Morgan fingerprint density at radius 3 is 1.65 bits per heavy atom. The van der Waals surface area contributed by atoms with E-state index < -0.39 is 0 Å². The Hall–Kier alpha value is -6.45. The summed E-state index contributed by atoms with van der Waals surface area (Å²) in [6, 6.07) is 58.1. The van der Waals surface area contributed by atoms with Crippen LogP contribution in [0.4, 0.5) is 0 Å². The lowest BCUT2D eigenvalue weighted by molar-refractivity contribution is 0.660. The summed E-state index contributed by atoms with van der Waals surface area (Å²) >= 11 is 0. The minimum Gasteiger partial charge on any atom is -0.264 e. The number of hydrogen-bond acceptors (Lipinski definition) is 3. The van der Waals surface area contributed by atoms with E-state index in [0.717, 1.165) is 44.8 Å². The van der Waals surface area contributed by atoms with E-state index in [4.69, 9.17) is 9.97 Å². The summed E-state index contributed by atoms with van der Waals surface area (Å²) in [6.07, 6.45) is 3.75. The van der Waals surface area contributed by atoms with Crippen LogP contribution in [0.1, 0.15) is 25.0 Å². The third-order valence-corrected chi connectivity index (χ3v) is 10.2. The third-order valence-electron chi connectivity index (χ3n) is 10.2. The fourth-order valence-electron chi connectivity index (χ4n) is 7.47. The van der Waals surface area contributed by atoms with E-state index >= 15 is 0 Å². The molecule has 2 heterocycles. The summed E-state index contributed by atoms with van der Waals surface area (Å²) in [7, 11) is 0. The lowest BCUT2D eigenvalue weighted by Crippen LogP contribution is -2.14. The van der Waals surface area contributed by atoms with Crippen molar-refractivity contribution in [3.05, 3.63) is 187 Å². The van der Waals surface area contributed by atoms with E-state index in [-0.39, 0.29) is 5.41 Å². The van der Waals surface area contributed by atoms with E-state index in [1.54, 1.807) is 0 Å². The van der Waals surface area contributed by atoms with Crippen molar-refractivity contribution in [3.8, 4) is 78.4 Å². The van der Waals surface area contributed by atoms with Crippen LogP contribution in [-0.4, -0.2) is 15.0 Å². The van der Waals surface area contributed by atoms with E-state index in [0.29, 0.717) is 5.82 Å². The summed E-state index contributed by atoms with van der Waals surface area (Å²) in [5.41, 5.74) is 16.9. The molecule has 0 amide bonds. The van der Waals surface area contributed by atoms with Crippen molar-refractivity contribution in [2.75, 3.05) is 0 Å². The second kappa shape index (κ2) is 12.5. The fourth-order valence-corrected chi connectivity index (χ4v) is 7.47. The summed E-state index contributed by atoms with van der Waals surface area (Å²) in [4.78, 5) is 14.8. The SMILES string of the molecule is CC1(C)c2ccccc2-c2cc(-c3cc(-c4cccnc4)cc(-c4cc(-c5ccc(-c6ccccc6)cc5)nc(-c5ccccc5)n4)c3)ccc21. The first kappa shape index (κ1) is 30.6. The predicted octanol–water partition coefficient (Wildman–Crippen LogP) is 12.2. The average molecular weight is 654 g/mol. The molecule has 3 heteroatoms. The van der Waals surface area contributed by atoms with Gasteiger partial charge in [0, 0.05) is 40.1 Å². The van der Waals surface area contributed by atoms with Gasteiger partial charge in [-0.05, 0) is 86.5 Å². The lowest BCUT2D eigenvalue weighted by Gasteiger charge is -2.21. The first-order chi connectivity index (χ1) is 25.0. The van der Waals surface area contributed by atoms with Gasteiger partial charge in [-0.15, -0.1) is 0 Å². The van der Waals surface area contributed by atoms with Gasteiger partial charge < -0.3 is 0 Å². The van der Waals surface area contributed by atoms with E-state index in [2.05, 4.69) is 152 Å². The van der Waals surface area contributed by atoms with Gasteiger partial charge in [-0.1, -0.05) is 141 Å². The molecular formula is C48H35N3. The van der Waals surface area contributed by atoms with Crippen LogP contribution in [0, 0.1) is 0 Å². The van der Waals surface area contributed by atoms with Gasteiger partial charge in [0.2, 0.25) is 0 Å². The molecule has 2 aromatic heterocycles. The average Bonchev–Trinajstić information content (AvgIpc) is 3.44. The highest BCUT2D eigenvalue weighted by Gasteiger charge is 2.35. The van der Waals surface area contributed by atoms with Crippen molar-refractivity contribution in [1.29, 1.82) is 0 Å². The quantitative estimate of drug-likeness (QED) is 0.179. The molecule has 3 nitrogen and oxygen atoms in total. The molecule has 0 unspecified atom stereocenters. The fraction of sp³-hybridized carbons (Fsp3) is 0.0625. The number of pyridine rings is 1. The van der Waals surface area contributed by atoms with Crippen molar-refractivity contribution < 1.29 is 0 Å². The van der Waals surface area contributed by atoms with Crippen LogP contribution >= 0.6 is 0 Å². The number of rotatable bonds is 6. The van der Waals surface area contributed by atoms with Crippen LogP contribution in [0.15, 0.2) is 176 Å². The molecule has 1 aliphatic carbocycles. The first-order valence-electron chi connectivity index (χ1n) is 17.4. The topological polar surface area (TPSA) is 38.7 Å². The summed E-state index contributed by atoms with van der Waals surface area (Å²) in [5.74, 6) is 0.694. The smallest absolute Gasteiger partial charge is 0.160 e. The highest BCUT2D eigenvalue weighted by Crippen LogP contribution is 2.49. The summed E-state index contributed by atoms with van der Waals surface area (Å²) in [6.45, 7) is 4.65. The van der Waals surface area contributed by atoms with Gasteiger partial charge in [-0.25, -0.2) is 9.97 Å². The second-order valence-electron chi connectivity index (χ2n) is 13.7. The van der Waals surface area contributed by atoms with Crippen LogP contribution in [0.3, 0.4) is 0 Å². The first-order valence-corrected chi connectivity index (χ1v) is 17.4. The van der Waals surface area contributed by atoms with Crippen molar-refractivity contribution in [1.82, 2.24) is 15.0 Å². The summed E-state index contributed by atoms with van der Waals surface area (Å²) < 4.78 is 0. The van der Waals surface area contributed by atoms with E-state index in [1.165, 1.54) is 38.9 Å². The normalized spacial score (nSPS) is 12.7. The molecule has 6 aromatic carbocycles. The van der Waals surface area contributed by atoms with Crippen molar-refractivity contribution >= 4 is 0 Å². The Bertz CT molecular complexity index is 2520. The van der Waals surface area contributed by atoms with Crippen LogP contribution < -0.4 is 0 Å². The molecule has 8 aromatic rings. The number of aromatic nitrogens is 3. The highest BCUT2D eigenvalue weighted by atomic mass is 14.9. The van der Waals surface area contributed by atoms with Crippen molar-refractivity contribution in [2.24, 2.45) is 0 Å². The maximum atomic E-state index is 5.21. The van der Waals surface area contributed by atoms with E-state index in [1.807, 2.05) is 42.7 Å². The molecule has 0 radical (unpaired) electrons. The maximum Gasteiger partial charge on any atom is 0.160 e. The zero-order chi connectivity index (χ0) is 34.4. The lowest BCUT2D eigenvalue weighted by atomic mass is 9.82. The Kier molecular flexibility index (Phi) is 7.48. The van der Waals surface area contributed by atoms with E-state index in [9.17, 15) is 0 Å². The highest BCUT2D eigenvalue weighted by molar-refractivity contribution is 5.87. The molecule has 9 rings (SSSR count). The minimum atomic E-state index is -0.0440. The second-order valence-corrected chi connectivity index (χ2v) is 13.7. The molecule has 0 spiro atoms. The molecule has 0 saturated carbocycles. The van der Waals surface area contributed by atoms with Gasteiger partial charge >= 0.3 is 0 Å². The monoisotopic (exact) mass is 653 g/mol. The van der Waals surface area contributed by atoms with Crippen LogP contribution in [0.2, 0.25) is 0 Å². The maximum absolute atomic E-state index is 5.21. The Labute approximate surface area is 299 Å². The number of nitrogens with zero attached hydrogens (tertiary/aromatic N) is 3. The number of fused-ring (bicyclic) bond motifs is 3. The number of hydrogen-bond donors (Lipinski definition) is 0. The molecule has 0 fully saturated rings. The van der Waals surface area contributed by atoms with Gasteiger partial charge in [-0.2, -0.15) is 0 Å². The molecule has 242 valence electrons. The molecule has 0 saturated heterocycles. The van der Waals surface area contributed by atoms with Crippen LogP contribution in [-0.2, 0) is 5.41 Å². The van der Waals surface area contributed by atoms with Crippen LogP contribution in [0.25, 0.3) is 78.4 Å². The standard InChI is InChI=1S/C48H35N3/c1-48(2)43-18-10-9-17-41(43)42-29-36(23-24-44(42)48)38-26-39(37-16-11-25-49-31-37)28-40(27-38)46-30-45(50-47(51-46)35-14-7-4-8-15-35)34-21-19-33(20-22-34)32-12-5-3-6-13-32/h3-31H,1-2H3. The largest absolute Gasteiger partial charge is 0.264 e. The number of benzene rings is 6. The van der Waals surface area contributed by atoms with Crippen molar-refractivity contribution in [3.63, 3.8) is 0 Å². The predicted molar refractivity (Wildman–Crippen MR) is 210 cm³/mol. The van der Waals surface area contributed by atoms with Gasteiger partial charge in [0.1, 0.15) is 0 Å². The molecule has 0 N–H and O–H groups in total. The van der Waals surface area contributed by atoms with Gasteiger partial charge in [0.25, 0.3) is 0 Å². The minimum absolute atomic E-state index is 0.0440. The van der Waals surface area contributed by atoms with Crippen molar-refractivity contribution in [2.45, 2.75) is 19.3 Å². The Morgan fingerprint density at radius 1 is 0.373 bits per heavy atom. The molecular weight excluding hydrogens is 619 g/mol. The Balaban J connectivity index is 1.21. The summed E-state index contributed by atoms with van der Waals surface area (Å²) in [5, 5.41) is 0. The van der Waals surface area contributed by atoms with Gasteiger partial charge in [-0.3, -0.25) is 4.98 Å². The van der Waals surface area contributed by atoms with Gasteiger partial charge in [0.05, 0.1) is 11.4 Å².